The van der Waals surface area contributed by atoms with Gasteiger partial charge in [-0.3, -0.25) is 9.59 Å². The Kier molecular flexibility index (Phi) is 5.24. The molecule has 1 aromatic carbocycles. The Morgan fingerprint density at radius 1 is 1.07 bits per heavy atom. The van der Waals surface area contributed by atoms with Crippen molar-refractivity contribution in [3.05, 3.63) is 52.4 Å². The van der Waals surface area contributed by atoms with Crippen molar-refractivity contribution in [2.24, 2.45) is 23.7 Å². The average molecular weight is 426 g/mol. The summed E-state index contributed by atoms with van der Waals surface area (Å²) in [5, 5.41) is 12.9. The highest BCUT2D eigenvalue weighted by Crippen LogP contribution is 2.49. The molecule has 0 spiro atoms. The molecule has 1 heterocycles. The number of carbonyl (C=O) groups is 3. The van der Waals surface area contributed by atoms with Crippen LogP contribution < -0.4 is 5.32 Å². The number of aliphatic carboxylic acids is 1. The lowest BCUT2D eigenvalue weighted by Gasteiger charge is -2.23. The molecule has 0 unspecified atom stereocenters. The number of carboxylic acids is 1. The van der Waals surface area contributed by atoms with Crippen molar-refractivity contribution in [2.45, 2.75) is 20.3 Å². The number of anilines is 1. The molecule has 4 atom stereocenters. The van der Waals surface area contributed by atoms with E-state index in [1.54, 1.807) is 0 Å². The van der Waals surface area contributed by atoms with Crippen molar-refractivity contribution in [1.29, 1.82) is 0 Å². The lowest BCUT2D eigenvalue weighted by atomic mass is 9.82. The highest BCUT2D eigenvalue weighted by molar-refractivity contribution is 7.17. The van der Waals surface area contributed by atoms with Gasteiger partial charge in [0, 0.05) is 10.4 Å². The van der Waals surface area contributed by atoms with Gasteiger partial charge in [-0.1, -0.05) is 42.0 Å². The molecule has 0 aliphatic heterocycles. The van der Waals surface area contributed by atoms with E-state index in [0.717, 1.165) is 21.6 Å². The van der Waals surface area contributed by atoms with Crippen molar-refractivity contribution in [3.63, 3.8) is 0 Å². The summed E-state index contributed by atoms with van der Waals surface area (Å²) in [5.74, 6) is -3.43. The van der Waals surface area contributed by atoms with Crippen LogP contribution in [-0.4, -0.2) is 30.1 Å². The molecule has 2 aliphatic rings. The Balaban J connectivity index is 1.71. The number of fused-ring (bicyclic) bond motifs is 2. The van der Waals surface area contributed by atoms with Crippen LogP contribution in [-0.2, 0) is 14.3 Å². The number of hydrogen-bond donors (Lipinski definition) is 2. The highest BCUT2D eigenvalue weighted by Gasteiger charge is 2.51. The van der Waals surface area contributed by atoms with E-state index in [2.05, 4.69) is 5.32 Å². The third kappa shape index (κ3) is 3.33. The molecule has 2 bridgehead atoms. The van der Waals surface area contributed by atoms with Crippen LogP contribution in [0.3, 0.4) is 0 Å². The minimum absolute atomic E-state index is 0.0877. The lowest BCUT2D eigenvalue weighted by Crippen LogP contribution is -2.36. The number of benzene rings is 1. The molecule has 1 saturated carbocycles. The molecule has 0 saturated heterocycles. The molecule has 1 aromatic heterocycles. The quantitative estimate of drug-likeness (QED) is 0.551. The standard InChI is InChI=1S/C23H23NO5S/c1-11-4-6-13(7-5-11)16-12(2)30-21(19(16)23(28)29-3)24-20(25)17-14-8-9-15(10-14)18(17)22(26)27/h4-9,14-15,17-18H,10H2,1-3H3,(H,24,25)(H,26,27)/t14-,15+,17-,18+/m1/s1. The van der Waals surface area contributed by atoms with Gasteiger partial charge in [-0.15, -0.1) is 11.3 Å². The average Bonchev–Trinajstić information content (AvgIpc) is 3.41. The number of amides is 1. The number of allylic oxidation sites excluding steroid dienone is 2. The molecule has 156 valence electrons. The summed E-state index contributed by atoms with van der Waals surface area (Å²) in [6.45, 7) is 3.88. The Morgan fingerprint density at radius 2 is 1.70 bits per heavy atom. The Hall–Kier alpha value is -2.93. The van der Waals surface area contributed by atoms with E-state index >= 15 is 0 Å². The molecule has 30 heavy (non-hydrogen) atoms. The van der Waals surface area contributed by atoms with Crippen LogP contribution in [0.4, 0.5) is 5.00 Å². The molecule has 0 radical (unpaired) electrons. The number of aryl methyl sites for hydroxylation is 2. The second kappa shape index (κ2) is 7.72. The van der Waals surface area contributed by atoms with Gasteiger partial charge in [0.1, 0.15) is 10.6 Å². The molecule has 2 N–H and O–H groups in total. The highest BCUT2D eigenvalue weighted by atomic mass is 32.1. The largest absolute Gasteiger partial charge is 0.481 e. The molecular weight excluding hydrogens is 402 g/mol. The molecule has 6 nitrogen and oxygen atoms in total. The first-order chi connectivity index (χ1) is 14.3. The summed E-state index contributed by atoms with van der Waals surface area (Å²) in [6, 6.07) is 7.79. The number of esters is 1. The Bertz CT molecular complexity index is 1050. The van der Waals surface area contributed by atoms with Gasteiger partial charge in [-0.25, -0.2) is 4.79 Å². The van der Waals surface area contributed by atoms with Gasteiger partial charge >= 0.3 is 11.9 Å². The molecule has 7 heteroatoms. The van der Waals surface area contributed by atoms with E-state index in [0.29, 0.717) is 17.0 Å². The maximum atomic E-state index is 13.1. The molecular formula is C23H23NO5S. The SMILES string of the molecule is COC(=O)c1c(NC(=O)[C@H]2[C@@H](C(=O)O)[C@H]3C=C[C@@H]2C3)sc(C)c1-c1ccc(C)cc1. The van der Waals surface area contributed by atoms with Crippen LogP contribution in [0, 0.1) is 37.5 Å². The summed E-state index contributed by atoms with van der Waals surface area (Å²) < 4.78 is 5.00. The first kappa shape index (κ1) is 20.3. The zero-order valence-electron chi connectivity index (χ0n) is 17.0. The minimum atomic E-state index is -0.956. The number of rotatable bonds is 5. The zero-order chi connectivity index (χ0) is 21.6. The predicted octanol–water partition coefficient (Wildman–Crippen LogP) is 4.28. The summed E-state index contributed by atoms with van der Waals surface area (Å²) >= 11 is 1.30. The molecule has 1 amide bonds. The first-order valence-electron chi connectivity index (χ1n) is 9.82. The molecule has 1 fully saturated rings. The molecule has 2 aliphatic carbocycles. The second-order valence-electron chi connectivity index (χ2n) is 7.92. The van der Waals surface area contributed by atoms with Gasteiger partial charge in [-0.2, -0.15) is 0 Å². The van der Waals surface area contributed by atoms with Crippen molar-refractivity contribution in [2.75, 3.05) is 12.4 Å². The van der Waals surface area contributed by atoms with Crippen LogP contribution in [0.2, 0.25) is 0 Å². The summed E-state index contributed by atoms with van der Waals surface area (Å²) in [6.07, 6.45) is 4.52. The number of thiophene rings is 1. The predicted molar refractivity (Wildman–Crippen MR) is 115 cm³/mol. The van der Waals surface area contributed by atoms with Gasteiger partial charge in [-0.05, 0) is 37.7 Å². The van der Waals surface area contributed by atoms with Crippen LogP contribution in [0.5, 0.6) is 0 Å². The second-order valence-corrected chi connectivity index (χ2v) is 9.15. The maximum Gasteiger partial charge on any atom is 0.341 e. The van der Waals surface area contributed by atoms with Crippen LogP contribution >= 0.6 is 11.3 Å². The molecule has 2 aromatic rings. The topological polar surface area (TPSA) is 92.7 Å². The number of ether oxygens (including phenoxy) is 1. The zero-order valence-corrected chi connectivity index (χ0v) is 17.8. The fourth-order valence-electron chi connectivity index (χ4n) is 4.71. The lowest BCUT2D eigenvalue weighted by molar-refractivity contribution is -0.146. The van der Waals surface area contributed by atoms with E-state index in [1.165, 1.54) is 18.4 Å². The van der Waals surface area contributed by atoms with Gasteiger partial charge < -0.3 is 15.2 Å². The maximum absolute atomic E-state index is 13.1. The minimum Gasteiger partial charge on any atom is -0.481 e. The monoisotopic (exact) mass is 425 g/mol. The number of nitrogens with one attached hydrogen (secondary N) is 1. The van der Waals surface area contributed by atoms with E-state index < -0.39 is 23.8 Å². The van der Waals surface area contributed by atoms with Gasteiger partial charge in [0.15, 0.2) is 0 Å². The number of carbonyl (C=O) groups excluding carboxylic acids is 2. The van der Waals surface area contributed by atoms with Crippen molar-refractivity contribution in [1.82, 2.24) is 0 Å². The number of carboxylic acid groups (broad SMARTS) is 1. The van der Waals surface area contributed by atoms with Gasteiger partial charge in [0.05, 0.1) is 18.9 Å². The van der Waals surface area contributed by atoms with E-state index in [4.69, 9.17) is 4.74 Å². The van der Waals surface area contributed by atoms with Gasteiger partial charge in [0.2, 0.25) is 5.91 Å². The Morgan fingerprint density at radius 3 is 2.30 bits per heavy atom. The third-order valence-electron chi connectivity index (χ3n) is 6.10. The van der Waals surface area contributed by atoms with Crippen molar-refractivity contribution < 1.29 is 24.2 Å². The van der Waals surface area contributed by atoms with Crippen molar-refractivity contribution >= 4 is 34.2 Å². The smallest absolute Gasteiger partial charge is 0.341 e. The fraction of sp³-hybridized carbons (Fsp3) is 0.348. The number of methoxy groups -OCH3 is 1. The molecule has 4 rings (SSSR count). The van der Waals surface area contributed by atoms with Crippen LogP contribution in [0.15, 0.2) is 36.4 Å². The van der Waals surface area contributed by atoms with E-state index in [9.17, 15) is 19.5 Å². The normalized spacial score (nSPS) is 24.1. The Labute approximate surface area is 178 Å². The van der Waals surface area contributed by atoms with Crippen LogP contribution in [0.25, 0.3) is 11.1 Å². The summed E-state index contributed by atoms with van der Waals surface area (Å²) in [5.41, 5.74) is 3.00. The third-order valence-corrected chi connectivity index (χ3v) is 7.12. The van der Waals surface area contributed by atoms with E-state index in [-0.39, 0.29) is 17.7 Å². The van der Waals surface area contributed by atoms with Crippen LogP contribution in [0.1, 0.15) is 27.2 Å². The van der Waals surface area contributed by atoms with E-state index in [1.807, 2.05) is 50.3 Å². The summed E-state index contributed by atoms with van der Waals surface area (Å²) in [4.78, 5) is 38.4. The number of hydrogen-bond acceptors (Lipinski definition) is 5. The van der Waals surface area contributed by atoms with Crippen molar-refractivity contribution in [3.8, 4) is 11.1 Å². The fourth-order valence-corrected chi connectivity index (χ4v) is 5.78. The van der Waals surface area contributed by atoms with Gasteiger partial charge in [0.25, 0.3) is 0 Å². The first-order valence-corrected chi connectivity index (χ1v) is 10.6. The summed E-state index contributed by atoms with van der Waals surface area (Å²) in [7, 11) is 1.31.